The number of hydrogen-bond donors (Lipinski definition) is 2. The third kappa shape index (κ3) is 4.41. The largest absolute Gasteiger partial charge is 0.381 e. The van der Waals surface area contributed by atoms with Gasteiger partial charge in [0, 0.05) is 24.3 Å². The third-order valence-corrected chi connectivity index (χ3v) is 3.42. The van der Waals surface area contributed by atoms with Gasteiger partial charge in [0.05, 0.1) is 8.49 Å². The Morgan fingerprint density at radius 3 is 2.61 bits per heavy atom. The zero-order valence-corrected chi connectivity index (χ0v) is 12.7. The molecule has 0 bridgehead atoms. The van der Waals surface area contributed by atoms with Crippen molar-refractivity contribution < 1.29 is 4.92 Å². The van der Waals surface area contributed by atoms with Crippen LogP contribution in [0.5, 0.6) is 0 Å². The average molecular weight is 363 g/mol. The van der Waals surface area contributed by atoms with Crippen molar-refractivity contribution in [3.05, 3.63) is 31.9 Å². The van der Waals surface area contributed by atoms with Crippen molar-refractivity contribution >= 4 is 34.0 Å². The minimum atomic E-state index is -0.375. The molecule has 0 amide bonds. The van der Waals surface area contributed by atoms with Crippen LogP contribution >= 0.6 is 22.6 Å². The molecule has 1 aromatic carbocycles. The highest BCUT2D eigenvalue weighted by Gasteiger charge is 2.13. The lowest BCUT2D eigenvalue weighted by Crippen LogP contribution is -2.30. The van der Waals surface area contributed by atoms with E-state index in [1.54, 1.807) is 12.1 Å². The van der Waals surface area contributed by atoms with Crippen LogP contribution in [0.4, 0.5) is 11.4 Å². The van der Waals surface area contributed by atoms with Crippen molar-refractivity contribution in [2.24, 2.45) is 11.7 Å². The number of nitrogens with zero attached hydrogens (tertiary/aromatic N) is 1. The predicted molar refractivity (Wildman–Crippen MR) is 81.7 cm³/mol. The molecule has 1 rings (SSSR count). The van der Waals surface area contributed by atoms with Gasteiger partial charge in [0.2, 0.25) is 0 Å². The standard InChI is InChI=1S/C12H18IN3O2/c1-8(2)5-10(7-14)15-9-3-4-12(16(17)18)11(13)6-9/h3-4,6,8,10,15H,5,7,14H2,1-2H3. The van der Waals surface area contributed by atoms with Gasteiger partial charge in [-0.1, -0.05) is 13.8 Å². The molecule has 0 spiro atoms. The Morgan fingerprint density at radius 2 is 2.17 bits per heavy atom. The monoisotopic (exact) mass is 363 g/mol. The molecular weight excluding hydrogens is 345 g/mol. The van der Waals surface area contributed by atoms with Gasteiger partial charge in [0.15, 0.2) is 0 Å². The van der Waals surface area contributed by atoms with Gasteiger partial charge in [-0.3, -0.25) is 10.1 Å². The molecule has 0 heterocycles. The fraction of sp³-hybridized carbons (Fsp3) is 0.500. The summed E-state index contributed by atoms with van der Waals surface area (Å²) in [6.07, 6.45) is 0.976. The van der Waals surface area contributed by atoms with E-state index in [4.69, 9.17) is 5.73 Å². The average Bonchev–Trinajstić information content (AvgIpc) is 2.27. The molecule has 0 fully saturated rings. The molecule has 0 saturated carbocycles. The molecule has 0 aliphatic heterocycles. The second-order valence-corrected chi connectivity index (χ2v) is 5.79. The van der Waals surface area contributed by atoms with Crippen molar-refractivity contribution in [1.29, 1.82) is 0 Å². The Bertz CT molecular complexity index is 424. The van der Waals surface area contributed by atoms with Crippen LogP contribution in [-0.2, 0) is 0 Å². The van der Waals surface area contributed by atoms with Crippen molar-refractivity contribution in [3.63, 3.8) is 0 Å². The summed E-state index contributed by atoms with van der Waals surface area (Å²) in [4.78, 5) is 10.3. The first kappa shape index (κ1) is 15.2. The number of nitrogens with one attached hydrogen (secondary N) is 1. The van der Waals surface area contributed by atoms with Crippen LogP contribution < -0.4 is 11.1 Å². The number of rotatable bonds is 6. The first-order valence-corrected chi connectivity index (χ1v) is 6.92. The lowest BCUT2D eigenvalue weighted by atomic mass is 10.0. The van der Waals surface area contributed by atoms with Crippen LogP contribution in [0.1, 0.15) is 20.3 Å². The summed E-state index contributed by atoms with van der Waals surface area (Å²) in [7, 11) is 0. The quantitative estimate of drug-likeness (QED) is 0.463. The summed E-state index contributed by atoms with van der Waals surface area (Å²) in [5.41, 5.74) is 6.72. The van der Waals surface area contributed by atoms with E-state index in [1.165, 1.54) is 6.07 Å². The molecule has 6 heteroatoms. The number of hydrogen-bond acceptors (Lipinski definition) is 4. The van der Waals surface area contributed by atoms with Crippen LogP contribution in [0.3, 0.4) is 0 Å². The van der Waals surface area contributed by atoms with E-state index >= 15 is 0 Å². The van der Waals surface area contributed by atoms with Gasteiger partial charge in [0.1, 0.15) is 0 Å². The van der Waals surface area contributed by atoms with Crippen LogP contribution in [-0.4, -0.2) is 17.5 Å². The Morgan fingerprint density at radius 1 is 1.50 bits per heavy atom. The van der Waals surface area contributed by atoms with Crippen molar-refractivity contribution in [2.45, 2.75) is 26.3 Å². The number of benzene rings is 1. The van der Waals surface area contributed by atoms with Crippen molar-refractivity contribution in [2.75, 3.05) is 11.9 Å². The van der Waals surface area contributed by atoms with E-state index in [-0.39, 0.29) is 16.7 Å². The maximum atomic E-state index is 10.7. The predicted octanol–water partition coefficient (Wildman–Crippen LogP) is 2.98. The highest BCUT2D eigenvalue weighted by atomic mass is 127. The Labute approximate surface area is 120 Å². The zero-order valence-electron chi connectivity index (χ0n) is 10.5. The van der Waals surface area contributed by atoms with E-state index in [9.17, 15) is 10.1 Å². The van der Waals surface area contributed by atoms with Gasteiger partial charge in [0.25, 0.3) is 5.69 Å². The summed E-state index contributed by atoms with van der Waals surface area (Å²) < 4.78 is 0.628. The second kappa shape index (κ2) is 6.89. The fourth-order valence-electron chi connectivity index (χ4n) is 1.76. The summed E-state index contributed by atoms with van der Waals surface area (Å²) in [5, 5.41) is 14.0. The highest BCUT2D eigenvalue weighted by molar-refractivity contribution is 14.1. The van der Waals surface area contributed by atoms with Gasteiger partial charge in [-0.15, -0.1) is 0 Å². The molecule has 0 aliphatic rings. The van der Waals surface area contributed by atoms with Crippen LogP contribution in [0.25, 0.3) is 0 Å². The summed E-state index contributed by atoms with van der Waals surface area (Å²) in [5.74, 6) is 0.558. The molecule has 5 nitrogen and oxygen atoms in total. The van der Waals surface area contributed by atoms with E-state index < -0.39 is 0 Å². The molecular formula is C12H18IN3O2. The molecule has 1 unspecified atom stereocenters. The minimum absolute atomic E-state index is 0.134. The van der Waals surface area contributed by atoms with E-state index in [2.05, 4.69) is 19.2 Å². The fourth-order valence-corrected chi connectivity index (χ4v) is 2.48. The van der Waals surface area contributed by atoms with Gasteiger partial charge in [-0.25, -0.2) is 0 Å². The summed E-state index contributed by atoms with van der Waals surface area (Å²) >= 11 is 1.97. The number of nitro groups is 1. The van der Waals surface area contributed by atoms with E-state index in [0.29, 0.717) is 16.0 Å². The SMILES string of the molecule is CC(C)CC(CN)Nc1ccc([N+](=O)[O-])c(I)c1. The van der Waals surface area contributed by atoms with Gasteiger partial charge in [-0.05, 0) is 47.1 Å². The smallest absolute Gasteiger partial charge is 0.282 e. The molecule has 1 aromatic rings. The molecule has 1 atom stereocenters. The Hall–Kier alpha value is -0.890. The van der Waals surface area contributed by atoms with Gasteiger partial charge < -0.3 is 11.1 Å². The normalized spacial score (nSPS) is 12.5. The Balaban J connectivity index is 2.78. The second-order valence-electron chi connectivity index (χ2n) is 4.63. The topological polar surface area (TPSA) is 81.2 Å². The summed E-state index contributed by atoms with van der Waals surface area (Å²) in [6.45, 7) is 4.83. The summed E-state index contributed by atoms with van der Waals surface area (Å²) in [6, 6.07) is 5.22. The maximum Gasteiger partial charge on any atom is 0.282 e. The number of nitrogens with two attached hydrogens (primary N) is 1. The number of nitro benzene ring substituents is 1. The molecule has 0 aliphatic carbocycles. The minimum Gasteiger partial charge on any atom is -0.381 e. The molecule has 0 saturated heterocycles. The van der Waals surface area contributed by atoms with E-state index in [1.807, 2.05) is 22.6 Å². The Kier molecular flexibility index (Phi) is 5.80. The zero-order chi connectivity index (χ0) is 13.7. The molecule has 0 aromatic heterocycles. The van der Waals surface area contributed by atoms with Crippen molar-refractivity contribution in [1.82, 2.24) is 0 Å². The lowest BCUT2D eigenvalue weighted by Gasteiger charge is -2.20. The molecule has 0 radical (unpaired) electrons. The molecule has 100 valence electrons. The van der Waals surface area contributed by atoms with Crippen LogP contribution in [0.15, 0.2) is 18.2 Å². The van der Waals surface area contributed by atoms with E-state index in [0.717, 1.165) is 12.1 Å². The van der Waals surface area contributed by atoms with Gasteiger partial charge >= 0.3 is 0 Å². The third-order valence-electron chi connectivity index (χ3n) is 2.56. The van der Waals surface area contributed by atoms with Crippen molar-refractivity contribution in [3.8, 4) is 0 Å². The lowest BCUT2D eigenvalue weighted by molar-refractivity contribution is -0.385. The van der Waals surface area contributed by atoms with Gasteiger partial charge in [-0.2, -0.15) is 0 Å². The number of anilines is 1. The number of halogens is 1. The first-order chi connectivity index (χ1) is 8.43. The van der Waals surface area contributed by atoms with Crippen LogP contribution in [0, 0.1) is 19.6 Å². The molecule has 3 N–H and O–H groups in total. The highest BCUT2D eigenvalue weighted by Crippen LogP contribution is 2.24. The first-order valence-electron chi connectivity index (χ1n) is 5.84. The van der Waals surface area contributed by atoms with Crippen LogP contribution in [0.2, 0.25) is 0 Å². The maximum absolute atomic E-state index is 10.7. The molecule has 18 heavy (non-hydrogen) atoms.